The molecule has 0 aliphatic rings. The second-order valence-electron chi connectivity index (χ2n) is 11.2. The summed E-state index contributed by atoms with van der Waals surface area (Å²) in [6.45, 7) is 11.7. The summed E-state index contributed by atoms with van der Waals surface area (Å²) in [5.41, 5.74) is 4.84. The van der Waals surface area contributed by atoms with Crippen LogP contribution in [0.3, 0.4) is 0 Å². The van der Waals surface area contributed by atoms with Crippen LogP contribution in [-0.2, 0) is 26.2 Å². The van der Waals surface area contributed by atoms with Gasteiger partial charge in [0.05, 0.1) is 0 Å². The number of fused-ring (bicyclic) bond motifs is 2. The van der Waals surface area contributed by atoms with Crippen LogP contribution in [0.2, 0.25) is 0 Å². The average molecular weight is 714 g/mol. The summed E-state index contributed by atoms with van der Waals surface area (Å²) in [4.78, 5) is 0. The topological polar surface area (TPSA) is 0 Å². The summed E-state index contributed by atoms with van der Waals surface area (Å²) in [5, 5.41) is 8.18. The number of hydrogen-bond acceptors (Lipinski definition) is 0. The van der Waals surface area contributed by atoms with Crippen LogP contribution in [0.1, 0.15) is 22.3 Å². The molecule has 48 heavy (non-hydrogen) atoms. The fraction of sp³-hybridized carbons (Fsp3) is 0.0435. The summed E-state index contributed by atoms with van der Waals surface area (Å²) in [6, 6.07) is 66.6. The molecule has 0 aliphatic heterocycles. The van der Waals surface area contributed by atoms with E-state index in [1.54, 1.807) is 0 Å². The van der Waals surface area contributed by atoms with Gasteiger partial charge < -0.3 is 0 Å². The Morgan fingerprint density at radius 1 is 0.396 bits per heavy atom. The van der Waals surface area contributed by atoms with Crippen molar-refractivity contribution < 1.29 is 26.2 Å². The summed E-state index contributed by atoms with van der Waals surface area (Å²) < 4.78 is 0. The van der Waals surface area contributed by atoms with Gasteiger partial charge in [-0.1, -0.05) is 109 Å². The standard InChI is InChI=1S/C12H10Si.2C10H9.2C7H7.Zr/c1-3-7-11(8-4-1)13-12-9-5-2-6-10-12;2*1-8-6-9-4-2-3-5-10(9)7-8;2*1-7-5-3-2-4-6-7;/h1-10H;2*2-7H,1H3;2*2-6H,1H2;/q;4*-1;+4. The molecule has 0 atom stereocenters. The van der Waals surface area contributed by atoms with E-state index in [2.05, 4.69) is 161 Å². The number of aryl methyl sites for hydroxylation is 2. The van der Waals surface area contributed by atoms with E-state index in [4.69, 9.17) is 0 Å². The van der Waals surface area contributed by atoms with Gasteiger partial charge in [-0.15, -0.1) is 105 Å². The predicted molar refractivity (Wildman–Crippen MR) is 208 cm³/mol. The Hall–Kier alpha value is -4.62. The molecule has 8 aromatic rings. The van der Waals surface area contributed by atoms with E-state index in [0.29, 0.717) is 0 Å². The first-order chi connectivity index (χ1) is 23.0. The van der Waals surface area contributed by atoms with Gasteiger partial charge in [-0.05, 0) is 0 Å². The maximum atomic E-state index is 3.72. The van der Waals surface area contributed by atoms with E-state index in [1.165, 1.54) is 43.0 Å². The van der Waals surface area contributed by atoms with Crippen molar-refractivity contribution in [2.45, 2.75) is 13.8 Å². The minimum absolute atomic E-state index is 0. The Balaban J connectivity index is 0.000000165. The van der Waals surface area contributed by atoms with E-state index >= 15 is 0 Å². The van der Waals surface area contributed by atoms with Crippen LogP contribution < -0.4 is 10.4 Å². The van der Waals surface area contributed by atoms with Crippen molar-refractivity contribution in [2.75, 3.05) is 0 Å². The zero-order chi connectivity index (χ0) is 33.1. The molecule has 8 aromatic carbocycles. The molecule has 8 rings (SSSR count). The molecule has 2 heteroatoms. The van der Waals surface area contributed by atoms with Crippen molar-refractivity contribution in [3.8, 4) is 0 Å². The molecular weight excluding hydrogens is 672 g/mol. The molecule has 0 nitrogen and oxygen atoms in total. The zero-order valence-corrected chi connectivity index (χ0v) is 31.3. The van der Waals surface area contributed by atoms with Crippen molar-refractivity contribution in [3.63, 3.8) is 0 Å². The van der Waals surface area contributed by atoms with Gasteiger partial charge in [-0.25, -0.2) is 0 Å². The van der Waals surface area contributed by atoms with Crippen LogP contribution in [0.5, 0.6) is 0 Å². The normalized spacial score (nSPS) is 9.54. The molecule has 0 saturated carbocycles. The van der Waals surface area contributed by atoms with Crippen molar-refractivity contribution in [1.29, 1.82) is 0 Å². The predicted octanol–water partition coefficient (Wildman–Crippen LogP) is 10.8. The largest absolute Gasteiger partial charge is 4.00 e. The molecule has 0 N–H and O–H groups in total. The van der Waals surface area contributed by atoms with Gasteiger partial charge in [0, 0.05) is 0 Å². The maximum Gasteiger partial charge on any atom is 4.00 e. The van der Waals surface area contributed by atoms with Gasteiger partial charge in [0.25, 0.3) is 0 Å². The smallest absolute Gasteiger partial charge is 0.199 e. The molecule has 2 radical (unpaired) electrons. The zero-order valence-electron chi connectivity index (χ0n) is 27.9. The van der Waals surface area contributed by atoms with Crippen molar-refractivity contribution in [3.05, 3.63) is 230 Å². The van der Waals surface area contributed by atoms with Crippen LogP contribution in [0, 0.1) is 27.7 Å². The summed E-state index contributed by atoms with van der Waals surface area (Å²) in [5.74, 6) is 0. The van der Waals surface area contributed by atoms with Gasteiger partial charge in [0.15, 0.2) is 0 Å². The first-order valence-corrected chi connectivity index (χ1v) is 16.8. The van der Waals surface area contributed by atoms with Gasteiger partial charge in [0.1, 0.15) is 9.52 Å². The molecule has 0 heterocycles. The SMILES string of the molecule is Cc1cc2ccccc2[cH-]1.Cc1cc2ccccc2[cH-]1.[CH2-]c1ccccc1.[CH2-]c1ccccc1.[Zr+4].c1ccc([Si]c2ccccc2)cc1. The van der Waals surface area contributed by atoms with E-state index < -0.39 is 0 Å². The Kier molecular flexibility index (Phi) is 16.8. The first kappa shape index (κ1) is 37.8. The molecule has 0 aromatic heterocycles. The van der Waals surface area contributed by atoms with Crippen molar-refractivity contribution in [1.82, 2.24) is 0 Å². The molecule has 234 valence electrons. The Bertz CT molecular complexity index is 1760. The van der Waals surface area contributed by atoms with Crippen LogP contribution in [0.15, 0.2) is 194 Å². The van der Waals surface area contributed by atoms with Gasteiger partial charge in [-0.2, -0.15) is 61.4 Å². The first-order valence-electron chi connectivity index (χ1n) is 15.8. The summed E-state index contributed by atoms with van der Waals surface area (Å²) in [7, 11) is 0.777. The minimum atomic E-state index is 0. The molecule has 0 spiro atoms. The number of hydrogen-bond donors (Lipinski definition) is 0. The molecule has 0 amide bonds. The quantitative estimate of drug-likeness (QED) is 0.124. The van der Waals surface area contributed by atoms with Crippen LogP contribution in [-0.4, -0.2) is 9.52 Å². The third-order valence-corrected chi connectivity index (χ3v) is 8.29. The monoisotopic (exact) mass is 712 g/mol. The fourth-order valence-electron chi connectivity index (χ4n) is 4.78. The van der Waals surface area contributed by atoms with Gasteiger partial charge >= 0.3 is 26.2 Å². The Morgan fingerprint density at radius 3 is 0.979 bits per heavy atom. The second-order valence-corrected chi connectivity index (χ2v) is 12.6. The van der Waals surface area contributed by atoms with E-state index in [9.17, 15) is 0 Å². The summed E-state index contributed by atoms with van der Waals surface area (Å²) in [6.07, 6.45) is 0. The third-order valence-electron chi connectivity index (χ3n) is 7.05. The summed E-state index contributed by atoms with van der Waals surface area (Å²) >= 11 is 0. The van der Waals surface area contributed by atoms with Crippen molar-refractivity contribution in [2.24, 2.45) is 0 Å². The number of rotatable bonds is 2. The molecule has 0 bridgehead atoms. The maximum absolute atomic E-state index is 3.72. The van der Waals surface area contributed by atoms with Crippen molar-refractivity contribution >= 4 is 41.4 Å². The van der Waals surface area contributed by atoms with Crippen LogP contribution >= 0.6 is 0 Å². The van der Waals surface area contributed by atoms with Crippen LogP contribution in [0.4, 0.5) is 0 Å². The molecular formula is C46H42SiZr. The minimum Gasteiger partial charge on any atom is -0.199 e. The number of benzene rings is 6. The van der Waals surface area contributed by atoms with E-state index in [-0.39, 0.29) is 26.2 Å². The Labute approximate surface area is 309 Å². The molecule has 0 fully saturated rings. The van der Waals surface area contributed by atoms with Crippen LogP contribution in [0.25, 0.3) is 21.5 Å². The second kappa shape index (κ2) is 21.3. The van der Waals surface area contributed by atoms with Gasteiger partial charge in [0.2, 0.25) is 0 Å². The van der Waals surface area contributed by atoms with E-state index in [1.807, 2.05) is 60.7 Å². The Morgan fingerprint density at radius 2 is 0.688 bits per heavy atom. The average Bonchev–Trinajstić information content (AvgIpc) is 3.68. The van der Waals surface area contributed by atoms with E-state index in [0.717, 1.165) is 20.6 Å². The molecule has 0 saturated heterocycles. The molecule has 0 unspecified atom stereocenters. The third kappa shape index (κ3) is 14.0. The fourth-order valence-corrected chi connectivity index (χ4v) is 5.83. The van der Waals surface area contributed by atoms with Gasteiger partial charge in [-0.3, -0.25) is 0 Å². The molecule has 0 aliphatic carbocycles.